The molecule has 7 heteroatoms. The molecule has 0 unspecified atom stereocenters. The molecule has 0 aromatic heterocycles. The van der Waals surface area contributed by atoms with E-state index in [4.69, 9.17) is 27.9 Å². The summed E-state index contributed by atoms with van der Waals surface area (Å²) in [6, 6.07) is 20.7. The molecular weight excluding hydrogens is 463 g/mol. The van der Waals surface area contributed by atoms with Crippen LogP contribution in [0.25, 0.3) is 11.1 Å². The number of rotatable bonds is 6. The number of hydrazone groups is 1. The highest BCUT2D eigenvalue weighted by Crippen LogP contribution is 2.30. The van der Waals surface area contributed by atoms with Gasteiger partial charge in [-0.1, -0.05) is 65.7 Å². The van der Waals surface area contributed by atoms with E-state index in [9.17, 15) is 4.79 Å². The Hall–Kier alpha value is -2.34. The number of ether oxygens (including phenoxy) is 1. The topological polar surface area (TPSA) is 50.7 Å². The first-order valence-corrected chi connectivity index (χ1v) is 9.82. The Morgan fingerprint density at radius 1 is 1.04 bits per heavy atom. The SMILES string of the molecule is O=C(COc1ccc(-c2ccccc2)cc1Br)N/N=C/c1ccc(Cl)cc1Cl. The molecule has 0 aliphatic heterocycles. The van der Waals surface area contributed by atoms with Crippen molar-refractivity contribution in [3.05, 3.63) is 86.8 Å². The van der Waals surface area contributed by atoms with Crippen molar-refractivity contribution >= 4 is 51.3 Å². The second-order valence-electron chi connectivity index (χ2n) is 5.76. The minimum atomic E-state index is -0.389. The zero-order valence-corrected chi connectivity index (χ0v) is 17.6. The first kappa shape index (κ1) is 20.4. The lowest BCUT2D eigenvalue weighted by Gasteiger charge is -2.09. The Labute approximate surface area is 181 Å². The largest absolute Gasteiger partial charge is 0.483 e. The Bertz CT molecular complexity index is 1010. The number of hydrogen-bond acceptors (Lipinski definition) is 3. The standard InChI is InChI=1S/C21H15BrCl2N2O2/c22-18-10-15(14-4-2-1-3-5-14)7-9-20(18)28-13-21(27)26-25-12-16-6-8-17(23)11-19(16)24/h1-12H,13H2,(H,26,27)/b25-12+. The van der Waals surface area contributed by atoms with Crippen molar-refractivity contribution < 1.29 is 9.53 Å². The van der Waals surface area contributed by atoms with Crippen molar-refractivity contribution in [2.45, 2.75) is 0 Å². The lowest BCUT2D eigenvalue weighted by molar-refractivity contribution is -0.123. The lowest BCUT2D eigenvalue weighted by atomic mass is 10.1. The smallest absolute Gasteiger partial charge is 0.277 e. The Morgan fingerprint density at radius 2 is 1.82 bits per heavy atom. The lowest BCUT2D eigenvalue weighted by Crippen LogP contribution is -2.24. The van der Waals surface area contributed by atoms with Gasteiger partial charge in [0.25, 0.3) is 5.91 Å². The molecule has 3 aromatic rings. The summed E-state index contributed by atoms with van der Waals surface area (Å²) in [5.74, 6) is 0.180. The zero-order chi connectivity index (χ0) is 19.9. The van der Waals surface area contributed by atoms with E-state index in [0.717, 1.165) is 15.6 Å². The predicted molar refractivity (Wildman–Crippen MR) is 117 cm³/mol. The molecule has 0 bridgehead atoms. The molecule has 1 amide bonds. The summed E-state index contributed by atoms with van der Waals surface area (Å²) in [7, 11) is 0. The number of nitrogens with zero attached hydrogens (tertiary/aromatic N) is 1. The molecule has 0 radical (unpaired) electrons. The fourth-order valence-electron chi connectivity index (χ4n) is 2.38. The number of carbonyl (C=O) groups is 1. The highest BCUT2D eigenvalue weighted by molar-refractivity contribution is 9.10. The van der Waals surface area contributed by atoms with Gasteiger partial charge in [0, 0.05) is 10.6 Å². The number of hydrogen-bond donors (Lipinski definition) is 1. The zero-order valence-electron chi connectivity index (χ0n) is 14.5. The summed E-state index contributed by atoms with van der Waals surface area (Å²) >= 11 is 15.4. The summed E-state index contributed by atoms with van der Waals surface area (Å²) < 4.78 is 6.32. The molecule has 0 aliphatic carbocycles. The summed E-state index contributed by atoms with van der Waals surface area (Å²) in [6.07, 6.45) is 1.45. The minimum absolute atomic E-state index is 0.172. The normalized spacial score (nSPS) is 10.8. The van der Waals surface area contributed by atoms with Crippen molar-refractivity contribution in [1.29, 1.82) is 0 Å². The number of benzene rings is 3. The second-order valence-corrected chi connectivity index (χ2v) is 7.46. The van der Waals surface area contributed by atoms with E-state index in [1.54, 1.807) is 18.2 Å². The van der Waals surface area contributed by atoms with E-state index in [2.05, 4.69) is 26.5 Å². The highest BCUT2D eigenvalue weighted by atomic mass is 79.9. The molecule has 3 aromatic carbocycles. The van der Waals surface area contributed by atoms with Gasteiger partial charge in [-0.05, 0) is 51.3 Å². The van der Waals surface area contributed by atoms with Crippen LogP contribution >= 0.6 is 39.1 Å². The molecule has 3 rings (SSSR count). The first-order valence-electron chi connectivity index (χ1n) is 8.27. The van der Waals surface area contributed by atoms with Crippen LogP contribution in [0.5, 0.6) is 5.75 Å². The summed E-state index contributed by atoms with van der Waals surface area (Å²) in [6.45, 7) is -0.172. The van der Waals surface area contributed by atoms with Crippen molar-refractivity contribution in [2.24, 2.45) is 5.10 Å². The number of amides is 1. The van der Waals surface area contributed by atoms with Gasteiger partial charge in [-0.3, -0.25) is 4.79 Å². The monoisotopic (exact) mass is 476 g/mol. The van der Waals surface area contributed by atoms with Gasteiger partial charge in [0.15, 0.2) is 6.61 Å². The van der Waals surface area contributed by atoms with Crippen LogP contribution in [0.15, 0.2) is 76.3 Å². The van der Waals surface area contributed by atoms with Crippen LogP contribution in [-0.2, 0) is 4.79 Å². The van der Waals surface area contributed by atoms with Crippen LogP contribution in [0.3, 0.4) is 0 Å². The van der Waals surface area contributed by atoms with Crippen molar-refractivity contribution in [1.82, 2.24) is 5.43 Å². The average molecular weight is 478 g/mol. The third-order valence-corrected chi connectivity index (χ3v) is 4.94. The second kappa shape index (κ2) is 9.73. The summed E-state index contributed by atoms with van der Waals surface area (Å²) in [5.41, 5.74) is 5.19. The Balaban J connectivity index is 1.55. The molecule has 0 spiro atoms. The first-order chi connectivity index (χ1) is 13.5. The predicted octanol–water partition coefficient (Wildman–Crippen LogP) is 5.95. The molecule has 142 valence electrons. The maximum absolute atomic E-state index is 11.9. The van der Waals surface area contributed by atoms with Crippen LogP contribution in [-0.4, -0.2) is 18.7 Å². The molecule has 1 N–H and O–H groups in total. The van der Waals surface area contributed by atoms with Crippen LogP contribution in [0, 0.1) is 0 Å². The van der Waals surface area contributed by atoms with Gasteiger partial charge in [0.1, 0.15) is 5.75 Å². The van der Waals surface area contributed by atoms with Crippen LogP contribution in [0.1, 0.15) is 5.56 Å². The van der Waals surface area contributed by atoms with E-state index < -0.39 is 0 Å². The van der Waals surface area contributed by atoms with Crippen LogP contribution in [0.4, 0.5) is 0 Å². The van der Waals surface area contributed by atoms with Crippen molar-refractivity contribution in [3.8, 4) is 16.9 Å². The number of carbonyl (C=O) groups excluding carboxylic acids is 1. The average Bonchev–Trinajstić information content (AvgIpc) is 2.69. The van der Waals surface area contributed by atoms with Crippen molar-refractivity contribution in [2.75, 3.05) is 6.61 Å². The molecular formula is C21H15BrCl2N2O2. The van der Waals surface area contributed by atoms with Crippen molar-refractivity contribution in [3.63, 3.8) is 0 Å². The van der Waals surface area contributed by atoms with E-state index in [0.29, 0.717) is 21.4 Å². The fourth-order valence-corrected chi connectivity index (χ4v) is 3.33. The summed E-state index contributed by atoms with van der Waals surface area (Å²) in [4.78, 5) is 11.9. The molecule has 0 saturated heterocycles. The number of nitrogens with one attached hydrogen (secondary N) is 1. The van der Waals surface area contributed by atoms with E-state index in [1.807, 2.05) is 48.5 Å². The summed E-state index contributed by atoms with van der Waals surface area (Å²) in [5, 5.41) is 4.86. The molecule has 0 heterocycles. The van der Waals surface area contributed by atoms with Crippen LogP contribution in [0.2, 0.25) is 10.0 Å². The Morgan fingerprint density at radius 3 is 2.54 bits per heavy atom. The van der Waals surface area contributed by atoms with Crippen LogP contribution < -0.4 is 10.2 Å². The third kappa shape index (κ3) is 5.58. The van der Waals surface area contributed by atoms with Gasteiger partial charge in [-0.2, -0.15) is 5.10 Å². The molecule has 0 aliphatic rings. The van der Waals surface area contributed by atoms with E-state index in [-0.39, 0.29) is 12.5 Å². The van der Waals surface area contributed by atoms with Gasteiger partial charge < -0.3 is 4.74 Å². The molecule has 0 fully saturated rings. The highest BCUT2D eigenvalue weighted by Gasteiger charge is 2.07. The fraction of sp³-hybridized carbons (Fsp3) is 0.0476. The van der Waals surface area contributed by atoms with Gasteiger partial charge >= 0.3 is 0 Å². The van der Waals surface area contributed by atoms with Gasteiger partial charge in [-0.15, -0.1) is 0 Å². The number of halogens is 3. The molecule has 28 heavy (non-hydrogen) atoms. The van der Waals surface area contributed by atoms with E-state index >= 15 is 0 Å². The maximum atomic E-state index is 11.9. The minimum Gasteiger partial charge on any atom is -0.483 e. The molecule has 0 atom stereocenters. The van der Waals surface area contributed by atoms with Gasteiger partial charge in [0.05, 0.1) is 15.7 Å². The molecule has 4 nitrogen and oxygen atoms in total. The van der Waals surface area contributed by atoms with Gasteiger partial charge in [-0.25, -0.2) is 5.43 Å². The van der Waals surface area contributed by atoms with E-state index in [1.165, 1.54) is 6.21 Å². The maximum Gasteiger partial charge on any atom is 0.277 e. The Kier molecular flexibility index (Phi) is 7.09. The quantitative estimate of drug-likeness (QED) is 0.352. The van der Waals surface area contributed by atoms with Gasteiger partial charge in [0.2, 0.25) is 0 Å². The molecule has 0 saturated carbocycles. The third-order valence-electron chi connectivity index (χ3n) is 3.75.